The fourth-order valence-corrected chi connectivity index (χ4v) is 4.88. The van der Waals surface area contributed by atoms with Gasteiger partial charge in [-0.15, -0.1) is 0 Å². The normalized spacial score (nSPS) is 17.2. The molecule has 6 nitrogen and oxygen atoms in total. The number of hydrogen-bond acceptors (Lipinski definition) is 5. The van der Waals surface area contributed by atoms with Crippen LogP contribution in [0.3, 0.4) is 0 Å². The van der Waals surface area contributed by atoms with Crippen molar-refractivity contribution in [3.05, 3.63) is 30.1 Å². The van der Waals surface area contributed by atoms with E-state index in [-0.39, 0.29) is 18.8 Å². The summed E-state index contributed by atoms with van der Waals surface area (Å²) in [4.78, 5) is 16.0. The molecule has 1 saturated heterocycles. The van der Waals surface area contributed by atoms with E-state index in [4.69, 9.17) is 14.2 Å². The van der Waals surface area contributed by atoms with Crippen molar-refractivity contribution < 1.29 is 19.0 Å². The molecule has 6 heteroatoms. The molecule has 0 spiro atoms. The van der Waals surface area contributed by atoms with Crippen LogP contribution in [0, 0.1) is 0 Å². The Hall–Kier alpha value is -1.66. The number of rotatable bonds is 23. The van der Waals surface area contributed by atoms with Gasteiger partial charge in [-0.1, -0.05) is 109 Å². The van der Waals surface area contributed by atoms with E-state index in [1.54, 1.807) is 6.20 Å². The molecule has 0 saturated carbocycles. The summed E-state index contributed by atoms with van der Waals surface area (Å²) in [6, 6.07) is 5.61. The maximum Gasteiger partial charge on any atom is 0.407 e. The van der Waals surface area contributed by atoms with E-state index in [0.717, 1.165) is 31.6 Å². The van der Waals surface area contributed by atoms with Gasteiger partial charge in [0, 0.05) is 12.8 Å². The van der Waals surface area contributed by atoms with Gasteiger partial charge in [0.2, 0.25) is 0 Å². The molecule has 1 aromatic heterocycles. The van der Waals surface area contributed by atoms with Gasteiger partial charge in [0.1, 0.15) is 6.61 Å². The van der Waals surface area contributed by atoms with Crippen molar-refractivity contribution in [2.45, 2.75) is 141 Å². The van der Waals surface area contributed by atoms with Crippen molar-refractivity contribution >= 4 is 6.09 Å². The first-order chi connectivity index (χ1) is 18.3. The summed E-state index contributed by atoms with van der Waals surface area (Å²) in [5.41, 5.74) is 0.804. The fraction of sp³-hybridized carbons (Fsp3) is 0.806. The van der Waals surface area contributed by atoms with Crippen LogP contribution in [0.4, 0.5) is 4.79 Å². The van der Waals surface area contributed by atoms with Crippen molar-refractivity contribution in [1.29, 1.82) is 0 Å². The second-order valence-corrected chi connectivity index (χ2v) is 10.6. The van der Waals surface area contributed by atoms with Crippen molar-refractivity contribution in [3.8, 4) is 0 Å². The molecule has 37 heavy (non-hydrogen) atoms. The van der Waals surface area contributed by atoms with Gasteiger partial charge in [0.25, 0.3) is 0 Å². The molecule has 0 unspecified atom stereocenters. The molecular formula is C31H54N2O4. The van der Waals surface area contributed by atoms with E-state index in [1.165, 1.54) is 96.3 Å². The minimum absolute atomic E-state index is 0.0373. The Bertz CT molecular complexity index is 658. The van der Waals surface area contributed by atoms with Crippen LogP contribution in [-0.2, 0) is 20.8 Å². The Balaban J connectivity index is 1.29. The van der Waals surface area contributed by atoms with Gasteiger partial charge in [-0.3, -0.25) is 4.98 Å². The monoisotopic (exact) mass is 518 g/mol. The molecule has 0 bridgehead atoms. The molecule has 0 aromatic carbocycles. The first kappa shape index (κ1) is 31.6. The molecule has 0 radical (unpaired) electrons. The summed E-state index contributed by atoms with van der Waals surface area (Å²) in [6.07, 6.45) is 25.3. The van der Waals surface area contributed by atoms with Crippen LogP contribution in [0.15, 0.2) is 24.4 Å². The average Bonchev–Trinajstić information content (AvgIpc) is 3.38. The van der Waals surface area contributed by atoms with E-state index in [9.17, 15) is 4.79 Å². The lowest BCUT2D eigenvalue weighted by molar-refractivity contribution is -0.0344. The first-order valence-corrected chi connectivity index (χ1v) is 15.3. The number of ether oxygens (including phenoxy) is 3. The third-order valence-electron chi connectivity index (χ3n) is 7.18. The Morgan fingerprint density at radius 1 is 0.838 bits per heavy atom. The predicted molar refractivity (Wildman–Crippen MR) is 151 cm³/mol. The highest BCUT2D eigenvalue weighted by molar-refractivity contribution is 5.67. The van der Waals surface area contributed by atoms with E-state index >= 15 is 0 Å². The number of carbonyl (C=O) groups is 1. The number of hydrogen-bond donors (Lipinski definition) is 1. The summed E-state index contributed by atoms with van der Waals surface area (Å²) < 4.78 is 17.1. The topological polar surface area (TPSA) is 69.7 Å². The predicted octanol–water partition coefficient (Wildman–Crippen LogP) is 8.13. The molecule has 2 heterocycles. The number of amides is 1. The second-order valence-electron chi connectivity index (χ2n) is 10.6. The molecule has 1 amide bonds. The summed E-state index contributed by atoms with van der Waals surface area (Å²) in [5.74, 6) is 0. The molecule has 1 aliphatic heterocycles. The summed E-state index contributed by atoms with van der Waals surface area (Å²) in [5, 5.41) is 2.72. The van der Waals surface area contributed by atoms with Gasteiger partial charge >= 0.3 is 6.09 Å². The Morgan fingerprint density at radius 2 is 1.41 bits per heavy atom. The van der Waals surface area contributed by atoms with Crippen LogP contribution in [0.2, 0.25) is 0 Å². The number of nitrogens with one attached hydrogen (secondary N) is 1. The highest BCUT2D eigenvalue weighted by Gasteiger charge is 2.26. The molecule has 1 N–H and O–H groups in total. The number of carbonyl (C=O) groups excluding carboxylic acids is 1. The molecule has 212 valence electrons. The lowest BCUT2D eigenvalue weighted by Crippen LogP contribution is -2.28. The molecule has 2 atom stereocenters. The van der Waals surface area contributed by atoms with Crippen LogP contribution in [-0.4, -0.2) is 43.1 Å². The third kappa shape index (κ3) is 17.5. The van der Waals surface area contributed by atoms with Crippen molar-refractivity contribution in [3.63, 3.8) is 0 Å². The smallest absolute Gasteiger partial charge is 0.407 e. The van der Waals surface area contributed by atoms with Crippen LogP contribution in [0.5, 0.6) is 0 Å². The largest absolute Gasteiger partial charge is 0.447 e. The zero-order valence-corrected chi connectivity index (χ0v) is 23.6. The van der Waals surface area contributed by atoms with Crippen molar-refractivity contribution in [1.82, 2.24) is 10.3 Å². The lowest BCUT2D eigenvalue weighted by Gasteiger charge is -2.14. The third-order valence-corrected chi connectivity index (χ3v) is 7.18. The molecule has 1 aliphatic rings. The summed E-state index contributed by atoms with van der Waals surface area (Å²) in [7, 11) is 0. The molecule has 2 rings (SSSR count). The highest BCUT2D eigenvalue weighted by atomic mass is 16.6. The summed E-state index contributed by atoms with van der Waals surface area (Å²) in [6.45, 7) is 4.38. The zero-order chi connectivity index (χ0) is 26.2. The fourth-order valence-electron chi connectivity index (χ4n) is 4.88. The summed E-state index contributed by atoms with van der Waals surface area (Å²) >= 11 is 0. The Morgan fingerprint density at radius 3 is 1.97 bits per heavy atom. The number of alkyl carbamates (subject to hydrolysis) is 1. The number of pyridine rings is 1. The van der Waals surface area contributed by atoms with E-state index < -0.39 is 6.09 Å². The molecular weight excluding hydrogens is 464 g/mol. The minimum Gasteiger partial charge on any atom is -0.447 e. The maximum atomic E-state index is 11.9. The van der Waals surface area contributed by atoms with E-state index in [0.29, 0.717) is 13.2 Å². The van der Waals surface area contributed by atoms with Crippen LogP contribution in [0.25, 0.3) is 0 Å². The maximum absolute atomic E-state index is 11.9. The Labute approximate surface area is 226 Å². The van der Waals surface area contributed by atoms with Crippen LogP contribution in [0.1, 0.15) is 128 Å². The lowest BCUT2D eigenvalue weighted by atomic mass is 10.0. The SMILES string of the molecule is CCCCCCCCCCCCCCCCCCOC[C@@H]1CC[C@@H](COC(=O)NCc2ccccn2)O1. The zero-order valence-electron chi connectivity index (χ0n) is 23.6. The van der Waals surface area contributed by atoms with Crippen molar-refractivity contribution in [2.24, 2.45) is 0 Å². The Kier molecular flexibility index (Phi) is 19.0. The number of nitrogens with zero attached hydrogens (tertiary/aromatic N) is 1. The standard InChI is InChI=1S/C31H54N2O4/c1-2-3-4-5-6-7-8-9-10-11-12-13-14-15-16-19-24-35-26-29-21-22-30(37-29)27-36-31(34)33-25-28-20-17-18-23-32-28/h17-18,20,23,29-30H,2-16,19,21-22,24-27H2,1H3,(H,33,34)/t29-,30-/m0/s1. The molecule has 0 aliphatic carbocycles. The molecule has 1 aromatic rings. The quantitative estimate of drug-likeness (QED) is 0.148. The highest BCUT2D eigenvalue weighted by Crippen LogP contribution is 2.20. The van der Waals surface area contributed by atoms with Gasteiger partial charge in [-0.05, 0) is 31.4 Å². The average molecular weight is 519 g/mol. The molecule has 1 fully saturated rings. The van der Waals surface area contributed by atoms with Crippen LogP contribution < -0.4 is 5.32 Å². The van der Waals surface area contributed by atoms with Crippen molar-refractivity contribution in [2.75, 3.05) is 19.8 Å². The van der Waals surface area contributed by atoms with Gasteiger partial charge in [0.05, 0.1) is 31.1 Å². The van der Waals surface area contributed by atoms with E-state index in [2.05, 4.69) is 17.2 Å². The van der Waals surface area contributed by atoms with Gasteiger partial charge in [-0.25, -0.2) is 4.79 Å². The van der Waals surface area contributed by atoms with Gasteiger partial charge in [0.15, 0.2) is 0 Å². The van der Waals surface area contributed by atoms with Gasteiger partial charge in [-0.2, -0.15) is 0 Å². The van der Waals surface area contributed by atoms with Gasteiger partial charge < -0.3 is 19.5 Å². The number of unbranched alkanes of at least 4 members (excludes halogenated alkanes) is 15. The second kappa shape index (κ2) is 22.3. The minimum atomic E-state index is -0.433. The first-order valence-electron chi connectivity index (χ1n) is 15.3. The van der Waals surface area contributed by atoms with Crippen LogP contribution >= 0.6 is 0 Å². The van der Waals surface area contributed by atoms with E-state index in [1.807, 2.05) is 18.2 Å². The number of aromatic nitrogens is 1.